The third-order valence-corrected chi connectivity index (χ3v) is 3.66. The molecular formula is C13H19N5O2. The zero-order valence-corrected chi connectivity index (χ0v) is 11.8. The van der Waals surface area contributed by atoms with Gasteiger partial charge < -0.3 is 10.1 Å². The molecule has 0 aliphatic carbocycles. The van der Waals surface area contributed by atoms with Gasteiger partial charge in [0.05, 0.1) is 18.4 Å². The second kappa shape index (κ2) is 5.24. The molecule has 7 heteroatoms. The number of carbonyl (C=O) groups is 1. The van der Waals surface area contributed by atoms with E-state index in [1.165, 1.54) is 0 Å². The van der Waals surface area contributed by atoms with Crippen LogP contribution in [0.1, 0.15) is 18.5 Å². The minimum Gasteiger partial charge on any atom is -0.368 e. The van der Waals surface area contributed by atoms with Gasteiger partial charge in [0.15, 0.2) is 0 Å². The van der Waals surface area contributed by atoms with Gasteiger partial charge in [-0.05, 0) is 19.8 Å². The van der Waals surface area contributed by atoms with Crippen LogP contribution in [0.3, 0.4) is 0 Å². The fourth-order valence-corrected chi connectivity index (χ4v) is 2.66. The van der Waals surface area contributed by atoms with Crippen LogP contribution >= 0.6 is 0 Å². The molecular weight excluding hydrogens is 258 g/mol. The van der Waals surface area contributed by atoms with Gasteiger partial charge in [0, 0.05) is 20.2 Å². The Labute approximate surface area is 116 Å². The van der Waals surface area contributed by atoms with Crippen molar-refractivity contribution in [2.24, 2.45) is 7.05 Å². The van der Waals surface area contributed by atoms with Gasteiger partial charge in [-0.15, -0.1) is 0 Å². The first kappa shape index (κ1) is 13.1. The lowest BCUT2D eigenvalue weighted by atomic mass is 10.2. The Morgan fingerprint density at radius 3 is 3.20 bits per heavy atom. The topological polar surface area (TPSA) is 74.0 Å². The number of hydrogen-bond acceptors (Lipinski definition) is 4. The zero-order chi connectivity index (χ0) is 14.1. The molecule has 108 valence electrons. The lowest BCUT2D eigenvalue weighted by Crippen LogP contribution is -2.36. The Bertz CT molecular complexity index is 624. The largest absolute Gasteiger partial charge is 0.368 e. The third-order valence-electron chi connectivity index (χ3n) is 3.66. The van der Waals surface area contributed by atoms with Gasteiger partial charge in [0.25, 0.3) is 0 Å². The first-order valence-corrected chi connectivity index (χ1v) is 6.91. The highest BCUT2D eigenvalue weighted by Gasteiger charge is 2.23. The predicted octanol–water partition coefficient (Wildman–Crippen LogP) is 0.373. The van der Waals surface area contributed by atoms with Crippen molar-refractivity contribution < 1.29 is 9.53 Å². The number of aromatic nitrogens is 4. The number of aryl methyl sites for hydroxylation is 2. The van der Waals surface area contributed by atoms with Gasteiger partial charge in [-0.3, -0.25) is 14.2 Å². The van der Waals surface area contributed by atoms with Gasteiger partial charge in [0.2, 0.25) is 5.91 Å². The molecule has 1 atom stereocenters. The SMILES string of the molecule is Cc1nn(C)c2cnn(CCNC(=O)C3CCCO3)c12. The van der Waals surface area contributed by atoms with Crippen LogP contribution in [0.15, 0.2) is 6.20 Å². The van der Waals surface area contributed by atoms with Crippen molar-refractivity contribution in [3.8, 4) is 0 Å². The summed E-state index contributed by atoms with van der Waals surface area (Å²) in [5.74, 6) is -0.0196. The minimum atomic E-state index is -0.271. The van der Waals surface area contributed by atoms with E-state index >= 15 is 0 Å². The highest BCUT2D eigenvalue weighted by Crippen LogP contribution is 2.16. The lowest BCUT2D eigenvalue weighted by molar-refractivity contribution is -0.130. The summed E-state index contributed by atoms with van der Waals surface area (Å²) in [7, 11) is 1.90. The van der Waals surface area contributed by atoms with Crippen molar-refractivity contribution >= 4 is 16.9 Å². The summed E-state index contributed by atoms with van der Waals surface area (Å²) in [4.78, 5) is 11.8. The molecule has 1 saturated heterocycles. The number of hydrogen-bond donors (Lipinski definition) is 1. The van der Waals surface area contributed by atoms with Crippen LogP contribution in [0.2, 0.25) is 0 Å². The molecule has 1 fully saturated rings. The Balaban J connectivity index is 1.61. The van der Waals surface area contributed by atoms with Gasteiger partial charge in [0.1, 0.15) is 17.1 Å². The van der Waals surface area contributed by atoms with Crippen LogP contribution in [0, 0.1) is 6.92 Å². The number of fused-ring (bicyclic) bond motifs is 1. The van der Waals surface area contributed by atoms with Crippen molar-refractivity contribution in [2.75, 3.05) is 13.2 Å². The Morgan fingerprint density at radius 1 is 1.60 bits per heavy atom. The molecule has 0 saturated carbocycles. The maximum absolute atomic E-state index is 11.8. The first-order valence-electron chi connectivity index (χ1n) is 6.91. The van der Waals surface area contributed by atoms with E-state index in [0.29, 0.717) is 19.7 Å². The fraction of sp³-hybridized carbons (Fsp3) is 0.615. The van der Waals surface area contributed by atoms with Gasteiger partial charge in [-0.2, -0.15) is 10.2 Å². The molecule has 0 bridgehead atoms. The molecule has 2 aromatic rings. The van der Waals surface area contributed by atoms with Crippen molar-refractivity contribution in [3.05, 3.63) is 11.9 Å². The third kappa shape index (κ3) is 2.29. The van der Waals surface area contributed by atoms with E-state index in [1.807, 2.05) is 23.3 Å². The number of rotatable bonds is 4. The molecule has 1 N–H and O–H groups in total. The molecule has 0 aromatic carbocycles. The van der Waals surface area contributed by atoms with Crippen LogP contribution in [0.25, 0.3) is 11.0 Å². The summed E-state index contributed by atoms with van der Waals surface area (Å²) < 4.78 is 9.05. The number of nitrogens with zero attached hydrogens (tertiary/aromatic N) is 4. The summed E-state index contributed by atoms with van der Waals surface area (Å²) >= 11 is 0. The summed E-state index contributed by atoms with van der Waals surface area (Å²) in [6, 6.07) is 0. The monoisotopic (exact) mass is 277 g/mol. The van der Waals surface area contributed by atoms with Crippen LogP contribution in [0.5, 0.6) is 0 Å². The lowest BCUT2D eigenvalue weighted by Gasteiger charge is -2.10. The van der Waals surface area contributed by atoms with Crippen LogP contribution in [0.4, 0.5) is 0 Å². The Morgan fingerprint density at radius 2 is 2.45 bits per heavy atom. The zero-order valence-electron chi connectivity index (χ0n) is 11.8. The number of ether oxygens (including phenoxy) is 1. The molecule has 1 aliphatic heterocycles. The van der Waals surface area contributed by atoms with Gasteiger partial charge in [-0.1, -0.05) is 0 Å². The van der Waals surface area contributed by atoms with Gasteiger partial charge >= 0.3 is 0 Å². The van der Waals surface area contributed by atoms with Crippen molar-refractivity contribution in [3.63, 3.8) is 0 Å². The van der Waals surface area contributed by atoms with E-state index in [1.54, 1.807) is 6.20 Å². The van der Waals surface area contributed by atoms with Crippen LogP contribution < -0.4 is 5.32 Å². The van der Waals surface area contributed by atoms with Crippen molar-refractivity contribution in [1.82, 2.24) is 24.9 Å². The molecule has 3 heterocycles. The molecule has 1 unspecified atom stereocenters. The summed E-state index contributed by atoms with van der Waals surface area (Å²) in [5.41, 5.74) is 2.98. The van der Waals surface area contributed by atoms with Crippen LogP contribution in [-0.2, 0) is 23.1 Å². The first-order chi connectivity index (χ1) is 9.66. The predicted molar refractivity (Wildman–Crippen MR) is 73.2 cm³/mol. The molecule has 1 amide bonds. The number of nitrogens with one attached hydrogen (secondary N) is 1. The maximum Gasteiger partial charge on any atom is 0.249 e. The molecule has 1 aliphatic rings. The van der Waals surface area contributed by atoms with Crippen molar-refractivity contribution in [1.29, 1.82) is 0 Å². The number of amides is 1. The summed E-state index contributed by atoms with van der Waals surface area (Å²) in [5, 5.41) is 11.6. The minimum absolute atomic E-state index is 0.0196. The van der Waals surface area contributed by atoms with Gasteiger partial charge in [-0.25, -0.2) is 0 Å². The Hall–Kier alpha value is -1.89. The molecule has 7 nitrogen and oxygen atoms in total. The van der Waals surface area contributed by atoms with E-state index in [-0.39, 0.29) is 12.0 Å². The fourth-order valence-electron chi connectivity index (χ4n) is 2.66. The second-order valence-corrected chi connectivity index (χ2v) is 5.10. The molecule has 0 radical (unpaired) electrons. The smallest absolute Gasteiger partial charge is 0.249 e. The molecule has 20 heavy (non-hydrogen) atoms. The quantitative estimate of drug-likeness (QED) is 0.876. The van der Waals surface area contributed by atoms with Crippen molar-refractivity contribution in [2.45, 2.75) is 32.4 Å². The standard InChI is InChI=1S/C13H19N5O2/c1-9-12-10(17(2)16-9)8-15-18(12)6-5-14-13(19)11-4-3-7-20-11/h8,11H,3-7H2,1-2H3,(H,14,19). The molecule has 2 aromatic heterocycles. The average Bonchev–Trinajstić information content (AvgIpc) is 3.11. The van der Waals surface area contributed by atoms with E-state index < -0.39 is 0 Å². The summed E-state index contributed by atoms with van der Waals surface area (Å²) in [6.45, 7) is 3.83. The Kier molecular flexibility index (Phi) is 3.43. The van der Waals surface area contributed by atoms with E-state index in [2.05, 4.69) is 15.5 Å². The molecule has 3 rings (SSSR count). The maximum atomic E-state index is 11.8. The average molecular weight is 277 g/mol. The highest BCUT2D eigenvalue weighted by atomic mass is 16.5. The van der Waals surface area contributed by atoms with E-state index in [4.69, 9.17) is 4.74 Å². The highest BCUT2D eigenvalue weighted by molar-refractivity contribution is 5.81. The van der Waals surface area contributed by atoms with E-state index in [9.17, 15) is 4.79 Å². The van der Waals surface area contributed by atoms with E-state index in [0.717, 1.165) is 29.6 Å². The second-order valence-electron chi connectivity index (χ2n) is 5.10. The molecule has 0 spiro atoms. The van der Waals surface area contributed by atoms with Crippen LogP contribution in [-0.4, -0.2) is 44.7 Å². The normalized spacial score (nSPS) is 18.8. The summed E-state index contributed by atoms with van der Waals surface area (Å²) in [6.07, 6.45) is 3.32. The number of carbonyl (C=O) groups excluding carboxylic acids is 1.